The van der Waals surface area contributed by atoms with Crippen molar-refractivity contribution >= 4 is 27.8 Å². The summed E-state index contributed by atoms with van der Waals surface area (Å²) < 4.78 is 7.43. The van der Waals surface area contributed by atoms with E-state index >= 15 is 0 Å². The van der Waals surface area contributed by atoms with E-state index in [2.05, 4.69) is 24.3 Å². The summed E-state index contributed by atoms with van der Waals surface area (Å²) in [5, 5.41) is 2.37. The van der Waals surface area contributed by atoms with Crippen LogP contribution in [-0.2, 0) is 16.3 Å². The monoisotopic (exact) mass is 267 g/mol. The van der Waals surface area contributed by atoms with Gasteiger partial charge in [0.05, 0.1) is 17.0 Å². The summed E-state index contributed by atoms with van der Waals surface area (Å²) >= 11 is 0. The maximum absolute atomic E-state index is 11.7. The van der Waals surface area contributed by atoms with Crippen molar-refractivity contribution in [1.29, 1.82) is 0 Å². The molecule has 3 heteroatoms. The molecule has 3 aromatic rings. The molecule has 0 unspecified atom stereocenters. The number of aromatic nitrogens is 1. The van der Waals surface area contributed by atoms with Gasteiger partial charge in [-0.05, 0) is 12.1 Å². The number of para-hydroxylation sites is 2. The van der Waals surface area contributed by atoms with Crippen molar-refractivity contribution in [2.24, 2.45) is 5.92 Å². The van der Waals surface area contributed by atoms with Crippen molar-refractivity contribution in [3.63, 3.8) is 0 Å². The number of hydrogen-bond donors (Lipinski definition) is 0. The third kappa shape index (κ3) is 2.05. The lowest BCUT2D eigenvalue weighted by atomic mass is 10.2. The van der Waals surface area contributed by atoms with E-state index in [1.807, 2.05) is 42.7 Å². The molecule has 3 nitrogen and oxygen atoms in total. The predicted molar refractivity (Wildman–Crippen MR) is 80.4 cm³/mol. The van der Waals surface area contributed by atoms with Crippen LogP contribution in [0, 0.1) is 5.92 Å². The predicted octanol–water partition coefficient (Wildman–Crippen LogP) is 3.95. The van der Waals surface area contributed by atoms with Crippen LogP contribution >= 0.6 is 0 Å². The van der Waals surface area contributed by atoms with Crippen LogP contribution in [0.3, 0.4) is 0 Å². The Kier molecular flexibility index (Phi) is 3.18. The van der Waals surface area contributed by atoms with E-state index in [1.165, 1.54) is 10.8 Å². The summed E-state index contributed by atoms with van der Waals surface area (Å²) in [5.41, 5.74) is 2.18. The number of carbonyl (C=O) groups is 1. The first-order chi connectivity index (χ1) is 9.68. The largest absolute Gasteiger partial charge is 0.444 e. The average molecular weight is 267 g/mol. The molecule has 0 aliphatic heterocycles. The molecule has 102 valence electrons. The number of esters is 1. The number of carbonyl (C=O) groups excluding carboxylic acids is 1. The summed E-state index contributed by atoms with van der Waals surface area (Å²) in [6.45, 7) is 3.94. The Bertz CT molecular complexity index is 718. The van der Waals surface area contributed by atoms with Crippen LogP contribution in [-0.4, -0.2) is 10.5 Å². The van der Waals surface area contributed by atoms with E-state index in [9.17, 15) is 4.79 Å². The standard InChI is InChI=1S/C17H17NO2/c1-12(2)17(19)20-11-18-15-9-5-3-7-13(15)14-8-4-6-10-16(14)18/h3-10,12H,11H2,1-2H3. The van der Waals surface area contributed by atoms with Gasteiger partial charge in [0.2, 0.25) is 0 Å². The van der Waals surface area contributed by atoms with Crippen LogP contribution in [0.4, 0.5) is 0 Å². The fourth-order valence-electron chi connectivity index (χ4n) is 2.44. The molecule has 0 N–H and O–H groups in total. The summed E-state index contributed by atoms with van der Waals surface area (Å²) in [4.78, 5) is 11.7. The highest BCUT2D eigenvalue weighted by molar-refractivity contribution is 6.07. The van der Waals surface area contributed by atoms with E-state index in [-0.39, 0.29) is 18.6 Å². The summed E-state index contributed by atoms with van der Waals surface area (Å²) in [6.07, 6.45) is 0. The van der Waals surface area contributed by atoms with Gasteiger partial charge in [-0.25, -0.2) is 0 Å². The summed E-state index contributed by atoms with van der Waals surface area (Å²) in [5.74, 6) is -0.282. The van der Waals surface area contributed by atoms with Crippen molar-refractivity contribution in [1.82, 2.24) is 4.57 Å². The fraction of sp³-hybridized carbons (Fsp3) is 0.235. The van der Waals surface area contributed by atoms with E-state index < -0.39 is 0 Å². The number of nitrogens with zero attached hydrogens (tertiary/aromatic N) is 1. The van der Waals surface area contributed by atoms with Gasteiger partial charge in [-0.1, -0.05) is 50.2 Å². The molecular formula is C17H17NO2. The number of hydrogen-bond acceptors (Lipinski definition) is 2. The Morgan fingerprint density at radius 1 is 1.00 bits per heavy atom. The normalized spacial score (nSPS) is 11.3. The molecule has 0 fully saturated rings. The maximum atomic E-state index is 11.7. The van der Waals surface area contributed by atoms with Gasteiger partial charge < -0.3 is 9.30 Å². The minimum absolute atomic E-state index is 0.108. The molecule has 0 atom stereocenters. The van der Waals surface area contributed by atoms with E-state index in [0.717, 1.165) is 11.0 Å². The first kappa shape index (κ1) is 12.7. The average Bonchev–Trinajstić information content (AvgIpc) is 2.79. The summed E-state index contributed by atoms with van der Waals surface area (Å²) in [6, 6.07) is 16.4. The second-order valence-electron chi connectivity index (χ2n) is 5.21. The van der Waals surface area contributed by atoms with Crippen molar-refractivity contribution in [2.45, 2.75) is 20.6 Å². The van der Waals surface area contributed by atoms with E-state index in [0.29, 0.717) is 0 Å². The molecule has 1 aromatic heterocycles. The molecule has 0 bridgehead atoms. The van der Waals surface area contributed by atoms with E-state index in [4.69, 9.17) is 4.74 Å². The smallest absolute Gasteiger partial charge is 0.310 e. The molecule has 0 spiro atoms. The highest BCUT2D eigenvalue weighted by Crippen LogP contribution is 2.28. The number of ether oxygens (including phenoxy) is 1. The second kappa shape index (κ2) is 5.00. The maximum Gasteiger partial charge on any atom is 0.310 e. The molecule has 3 rings (SSSR count). The van der Waals surface area contributed by atoms with Crippen molar-refractivity contribution in [3.8, 4) is 0 Å². The van der Waals surface area contributed by atoms with Crippen LogP contribution in [0.25, 0.3) is 21.8 Å². The third-order valence-corrected chi connectivity index (χ3v) is 3.49. The van der Waals surface area contributed by atoms with Gasteiger partial charge in [-0.2, -0.15) is 0 Å². The van der Waals surface area contributed by atoms with Gasteiger partial charge in [-0.3, -0.25) is 4.79 Å². The van der Waals surface area contributed by atoms with Crippen LogP contribution in [0.2, 0.25) is 0 Å². The van der Waals surface area contributed by atoms with E-state index in [1.54, 1.807) is 0 Å². The zero-order chi connectivity index (χ0) is 14.1. The lowest BCUT2D eigenvalue weighted by molar-refractivity contribution is -0.150. The molecule has 0 saturated carbocycles. The van der Waals surface area contributed by atoms with Crippen molar-refractivity contribution in [3.05, 3.63) is 48.5 Å². The Balaban J connectivity index is 2.10. The van der Waals surface area contributed by atoms with Gasteiger partial charge in [0.25, 0.3) is 0 Å². The quantitative estimate of drug-likeness (QED) is 0.673. The molecule has 0 saturated heterocycles. The van der Waals surface area contributed by atoms with Crippen LogP contribution in [0.1, 0.15) is 13.8 Å². The Labute approximate surface area is 117 Å². The molecular weight excluding hydrogens is 250 g/mol. The second-order valence-corrected chi connectivity index (χ2v) is 5.21. The molecule has 0 radical (unpaired) electrons. The fourth-order valence-corrected chi connectivity index (χ4v) is 2.44. The van der Waals surface area contributed by atoms with Crippen molar-refractivity contribution in [2.75, 3.05) is 0 Å². The third-order valence-electron chi connectivity index (χ3n) is 3.49. The first-order valence-electron chi connectivity index (χ1n) is 6.81. The minimum Gasteiger partial charge on any atom is -0.444 e. The lowest BCUT2D eigenvalue weighted by Gasteiger charge is -2.10. The lowest BCUT2D eigenvalue weighted by Crippen LogP contribution is -2.14. The highest BCUT2D eigenvalue weighted by atomic mass is 16.5. The number of benzene rings is 2. The first-order valence-corrected chi connectivity index (χ1v) is 6.81. The summed E-state index contributed by atoms with van der Waals surface area (Å²) in [7, 11) is 0. The molecule has 0 aliphatic rings. The van der Waals surface area contributed by atoms with Gasteiger partial charge in [0, 0.05) is 10.8 Å². The van der Waals surface area contributed by atoms with Crippen LogP contribution in [0.15, 0.2) is 48.5 Å². The Hall–Kier alpha value is -2.29. The topological polar surface area (TPSA) is 31.2 Å². The zero-order valence-corrected chi connectivity index (χ0v) is 11.7. The zero-order valence-electron chi connectivity index (χ0n) is 11.7. The SMILES string of the molecule is CC(C)C(=O)OCn1c2ccccc2c2ccccc21. The molecule has 1 heterocycles. The van der Waals surface area contributed by atoms with Crippen LogP contribution < -0.4 is 0 Å². The Morgan fingerprint density at radius 2 is 1.50 bits per heavy atom. The highest BCUT2D eigenvalue weighted by Gasteiger charge is 2.12. The van der Waals surface area contributed by atoms with Gasteiger partial charge in [0.1, 0.15) is 0 Å². The van der Waals surface area contributed by atoms with Gasteiger partial charge in [-0.15, -0.1) is 0 Å². The molecule has 2 aromatic carbocycles. The molecule has 0 aliphatic carbocycles. The van der Waals surface area contributed by atoms with Gasteiger partial charge in [0.15, 0.2) is 6.73 Å². The number of rotatable bonds is 3. The van der Waals surface area contributed by atoms with Gasteiger partial charge >= 0.3 is 5.97 Å². The number of fused-ring (bicyclic) bond motifs is 3. The Morgan fingerprint density at radius 3 is 2.00 bits per heavy atom. The van der Waals surface area contributed by atoms with Crippen molar-refractivity contribution < 1.29 is 9.53 Å². The minimum atomic E-state index is -0.174. The van der Waals surface area contributed by atoms with Crippen LogP contribution in [0.5, 0.6) is 0 Å². The molecule has 20 heavy (non-hydrogen) atoms. The molecule has 0 amide bonds.